The maximum atomic E-state index is 13.6. The lowest BCUT2D eigenvalue weighted by Crippen LogP contribution is -2.49. The minimum Gasteiger partial charge on any atom is -0.372 e. The van der Waals surface area contributed by atoms with Crippen LogP contribution < -0.4 is 5.32 Å². The molecule has 0 aromatic heterocycles. The van der Waals surface area contributed by atoms with Gasteiger partial charge in [0.05, 0.1) is 12.7 Å². The first kappa shape index (κ1) is 16.7. The van der Waals surface area contributed by atoms with Crippen molar-refractivity contribution in [3.05, 3.63) is 35.4 Å². The standard InChI is InChI=1S/C16H22F2N2O2/c1-11(2)19-16(21)20-7-3-4-14(9-20)22-10-12-8-13(17)5-6-15(12)18/h5-6,8,11,14H,3-4,7,9-10H2,1-2H3,(H,19,21). The highest BCUT2D eigenvalue weighted by atomic mass is 19.1. The van der Waals surface area contributed by atoms with Crippen molar-refractivity contribution in [1.29, 1.82) is 0 Å². The van der Waals surface area contributed by atoms with Crippen molar-refractivity contribution in [1.82, 2.24) is 10.2 Å². The zero-order chi connectivity index (χ0) is 16.1. The highest BCUT2D eigenvalue weighted by Crippen LogP contribution is 2.17. The third kappa shape index (κ3) is 4.66. The molecule has 6 heteroatoms. The number of benzene rings is 1. The molecule has 0 bridgehead atoms. The fraction of sp³-hybridized carbons (Fsp3) is 0.562. The first-order valence-electron chi connectivity index (χ1n) is 7.56. The van der Waals surface area contributed by atoms with Crippen LogP contribution in [0.1, 0.15) is 32.3 Å². The summed E-state index contributed by atoms with van der Waals surface area (Å²) in [5.74, 6) is -0.965. The summed E-state index contributed by atoms with van der Waals surface area (Å²) in [7, 11) is 0. The second-order valence-electron chi connectivity index (χ2n) is 5.86. The first-order valence-corrected chi connectivity index (χ1v) is 7.56. The summed E-state index contributed by atoms with van der Waals surface area (Å²) >= 11 is 0. The molecule has 1 aromatic carbocycles. The van der Waals surface area contributed by atoms with E-state index in [1.54, 1.807) is 4.90 Å². The first-order chi connectivity index (χ1) is 10.5. The van der Waals surface area contributed by atoms with Crippen molar-refractivity contribution >= 4 is 6.03 Å². The summed E-state index contributed by atoms with van der Waals surface area (Å²) in [6.45, 7) is 4.97. The van der Waals surface area contributed by atoms with E-state index in [1.807, 2.05) is 13.8 Å². The molecule has 4 nitrogen and oxygen atoms in total. The number of amides is 2. The molecular formula is C16H22F2N2O2. The molecule has 22 heavy (non-hydrogen) atoms. The van der Waals surface area contributed by atoms with Crippen LogP contribution in [0, 0.1) is 11.6 Å². The average Bonchev–Trinajstić information content (AvgIpc) is 2.48. The van der Waals surface area contributed by atoms with Crippen LogP contribution in [-0.2, 0) is 11.3 Å². The number of nitrogens with zero attached hydrogens (tertiary/aromatic N) is 1. The van der Waals surface area contributed by atoms with Gasteiger partial charge < -0.3 is 15.0 Å². The molecule has 0 spiro atoms. The number of ether oxygens (including phenoxy) is 1. The number of halogens is 2. The topological polar surface area (TPSA) is 41.6 Å². The maximum Gasteiger partial charge on any atom is 0.317 e. The zero-order valence-corrected chi connectivity index (χ0v) is 12.9. The lowest BCUT2D eigenvalue weighted by atomic mass is 10.1. The van der Waals surface area contributed by atoms with Gasteiger partial charge in [0.2, 0.25) is 0 Å². The van der Waals surface area contributed by atoms with E-state index < -0.39 is 11.6 Å². The Labute approximate surface area is 129 Å². The molecule has 0 radical (unpaired) electrons. The van der Waals surface area contributed by atoms with Crippen LogP contribution in [-0.4, -0.2) is 36.2 Å². The Morgan fingerprint density at radius 1 is 1.45 bits per heavy atom. The zero-order valence-electron chi connectivity index (χ0n) is 12.9. The quantitative estimate of drug-likeness (QED) is 0.928. The summed E-state index contributed by atoms with van der Waals surface area (Å²) in [6, 6.07) is 3.28. The SMILES string of the molecule is CC(C)NC(=O)N1CCCC(OCc2cc(F)ccc2F)C1. The molecule has 1 fully saturated rings. The number of urea groups is 1. The summed E-state index contributed by atoms with van der Waals surface area (Å²) in [4.78, 5) is 13.7. The highest BCUT2D eigenvalue weighted by Gasteiger charge is 2.24. The van der Waals surface area contributed by atoms with Crippen molar-refractivity contribution in [2.24, 2.45) is 0 Å². The van der Waals surface area contributed by atoms with Gasteiger partial charge in [0.1, 0.15) is 11.6 Å². The van der Waals surface area contributed by atoms with Gasteiger partial charge in [-0.25, -0.2) is 13.6 Å². The molecule has 1 N–H and O–H groups in total. The number of nitrogens with one attached hydrogen (secondary N) is 1. The van der Waals surface area contributed by atoms with Crippen LogP contribution >= 0.6 is 0 Å². The van der Waals surface area contributed by atoms with E-state index in [4.69, 9.17) is 4.74 Å². The van der Waals surface area contributed by atoms with Gasteiger partial charge in [-0.2, -0.15) is 0 Å². The van der Waals surface area contributed by atoms with Crippen LogP contribution in [0.4, 0.5) is 13.6 Å². The molecule has 0 aliphatic carbocycles. The van der Waals surface area contributed by atoms with E-state index in [1.165, 1.54) is 0 Å². The number of hydrogen-bond donors (Lipinski definition) is 1. The van der Waals surface area contributed by atoms with Crippen LogP contribution in [0.5, 0.6) is 0 Å². The number of hydrogen-bond acceptors (Lipinski definition) is 2. The Balaban J connectivity index is 1.88. The Morgan fingerprint density at radius 2 is 2.23 bits per heavy atom. The normalized spacial score (nSPS) is 18.6. The van der Waals surface area contributed by atoms with Gasteiger partial charge in [-0.3, -0.25) is 0 Å². The smallest absolute Gasteiger partial charge is 0.317 e. The molecule has 1 aliphatic heterocycles. The largest absolute Gasteiger partial charge is 0.372 e. The average molecular weight is 312 g/mol. The summed E-state index contributed by atoms with van der Waals surface area (Å²) in [6.07, 6.45) is 1.49. The number of rotatable bonds is 4. The second kappa shape index (κ2) is 7.54. The van der Waals surface area contributed by atoms with E-state index >= 15 is 0 Å². The molecule has 1 aliphatic rings. The van der Waals surface area contributed by atoms with E-state index in [9.17, 15) is 13.6 Å². The predicted octanol–water partition coefficient (Wildman–Crippen LogP) is 3.06. The number of carbonyl (C=O) groups excluding carboxylic acids is 1. The van der Waals surface area contributed by atoms with E-state index in [0.29, 0.717) is 13.1 Å². The van der Waals surface area contributed by atoms with Crippen LogP contribution in [0.25, 0.3) is 0 Å². The predicted molar refractivity (Wildman–Crippen MR) is 79.4 cm³/mol. The van der Waals surface area contributed by atoms with Crippen LogP contribution in [0.15, 0.2) is 18.2 Å². The molecule has 2 rings (SSSR count). The molecule has 2 amide bonds. The number of piperidine rings is 1. The van der Waals surface area contributed by atoms with Gasteiger partial charge in [-0.1, -0.05) is 0 Å². The molecule has 122 valence electrons. The third-order valence-electron chi connectivity index (χ3n) is 3.56. The van der Waals surface area contributed by atoms with E-state index in [2.05, 4.69) is 5.32 Å². The van der Waals surface area contributed by atoms with E-state index in [-0.39, 0.29) is 30.3 Å². The third-order valence-corrected chi connectivity index (χ3v) is 3.56. The fourth-order valence-electron chi connectivity index (χ4n) is 2.46. The van der Waals surface area contributed by atoms with Gasteiger partial charge in [0, 0.05) is 24.7 Å². The summed E-state index contributed by atoms with van der Waals surface area (Å²) in [5, 5.41) is 2.85. The van der Waals surface area contributed by atoms with Crippen LogP contribution in [0.2, 0.25) is 0 Å². The summed E-state index contributed by atoms with van der Waals surface area (Å²) < 4.78 is 32.3. The van der Waals surface area contributed by atoms with Crippen molar-refractivity contribution in [3.63, 3.8) is 0 Å². The van der Waals surface area contributed by atoms with Crippen molar-refractivity contribution < 1.29 is 18.3 Å². The summed E-state index contributed by atoms with van der Waals surface area (Å²) in [5.41, 5.74) is 0.198. The minimum atomic E-state index is -0.485. The molecule has 1 unspecified atom stereocenters. The van der Waals surface area contributed by atoms with Gasteiger partial charge in [0.25, 0.3) is 0 Å². The maximum absolute atomic E-state index is 13.6. The molecule has 1 aromatic rings. The van der Waals surface area contributed by atoms with Crippen LogP contribution in [0.3, 0.4) is 0 Å². The number of likely N-dealkylation sites (tertiary alicyclic amines) is 1. The van der Waals surface area contributed by atoms with Crippen molar-refractivity contribution in [3.8, 4) is 0 Å². The highest BCUT2D eigenvalue weighted by molar-refractivity contribution is 5.74. The molecular weight excluding hydrogens is 290 g/mol. The molecule has 0 saturated carbocycles. The lowest BCUT2D eigenvalue weighted by molar-refractivity contribution is -0.00163. The fourth-order valence-corrected chi connectivity index (χ4v) is 2.46. The van der Waals surface area contributed by atoms with Gasteiger partial charge in [-0.05, 0) is 44.9 Å². The van der Waals surface area contributed by atoms with Crippen molar-refractivity contribution in [2.45, 2.75) is 45.4 Å². The van der Waals surface area contributed by atoms with Gasteiger partial charge in [0.15, 0.2) is 0 Å². The van der Waals surface area contributed by atoms with Gasteiger partial charge >= 0.3 is 6.03 Å². The lowest BCUT2D eigenvalue weighted by Gasteiger charge is -2.33. The Morgan fingerprint density at radius 3 is 2.95 bits per heavy atom. The monoisotopic (exact) mass is 312 g/mol. The Kier molecular flexibility index (Phi) is 5.71. The molecule has 1 atom stereocenters. The minimum absolute atomic E-state index is 0.00784. The Hall–Kier alpha value is -1.69. The second-order valence-corrected chi connectivity index (χ2v) is 5.86. The molecule has 1 heterocycles. The number of carbonyl (C=O) groups is 1. The Bertz CT molecular complexity index is 523. The van der Waals surface area contributed by atoms with Crippen molar-refractivity contribution in [2.75, 3.05) is 13.1 Å². The van der Waals surface area contributed by atoms with E-state index in [0.717, 1.165) is 31.0 Å². The van der Waals surface area contributed by atoms with Gasteiger partial charge in [-0.15, -0.1) is 0 Å². The molecule has 1 saturated heterocycles.